The highest BCUT2D eigenvalue weighted by atomic mass is 35.5. The number of ketones is 1. The number of anilines is 1. The molecule has 4 rings (SSSR count). The number of aromatic nitrogens is 3. The molecule has 178 valence electrons. The molecule has 7 nitrogen and oxygen atoms in total. The lowest BCUT2D eigenvalue weighted by Gasteiger charge is -2.31. The quantitative estimate of drug-likeness (QED) is 0.590. The fourth-order valence-electron chi connectivity index (χ4n) is 4.52. The van der Waals surface area contributed by atoms with Gasteiger partial charge in [0.25, 0.3) is 0 Å². The van der Waals surface area contributed by atoms with Crippen molar-refractivity contribution in [3.8, 4) is 11.3 Å². The Kier molecular flexibility index (Phi) is 8.58. The van der Waals surface area contributed by atoms with Gasteiger partial charge in [-0.3, -0.25) is 14.8 Å². The molecule has 0 aliphatic carbocycles. The molecule has 2 aromatic heterocycles. The van der Waals surface area contributed by atoms with Crippen LogP contribution in [0.25, 0.3) is 11.3 Å². The molecule has 0 radical (unpaired) electrons. The number of alkyl halides is 1. The lowest BCUT2D eigenvalue weighted by molar-refractivity contribution is -0.123. The molecule has 2 aromatic rings. The van der Waals surface area contributed by atoms with E-state index in [9.17, 15) is 9.18 Å². The van der Waals surface area contributed by atoms with E-state index in [1.807, 2.05) is 11.0 Å². The third kappa shape index (κ3) is 6.68. The van der Waals surface area contributed by atoms with Gasteiger partial charge in [0.05, 0.1) is 23.1 Å². The summed E-state index contributed by atoms with van der Waals surface area (Å²) in [4.78, 5) is 28.3. The predicted molar refractivity (Wildman–Crippen MR) is 126 cm³/mol. The van der Waals surface area contributed by atoms with E-state index in [2.05, 4.69) is 20.3 Å². The molecular weight excluding hydrogens is 445 g/mol. The van der Waals surface area contributed by atoms with Crippen molar-refractivity contribution in [2.24, 2.45) is 11.8 Å². The average molecular weight is 476 g/mol. The predicted octanol–water partition coefficient (Wildman–Crippen LogP) is 3.82. The first-order valence-corrected chi connectivity index (χ1v) is 12.1. The second-order valence-electron chi connectivity index (χ2n) is 8.85. The van der Waals surface area contributed by atoms with E-state index in [0.29, 0.717) is 46.8 Å². The van der Waals surface area contributed by atoms with Gasteiger partial charge < -0.3 is 15.0 Å². The Balaban J connectivity index is 1.42. The monoisotopic (exact) mass is 475 g/mol. The van der Waals surface area contributed by atoms with Crippen molar-refractivity contribution in [2.45, 2.75) is 32.1 Å². The standard InChI is InChI=1S/C24H31ClFN5O2/c25-21-13-28-19(11-23(32)18-2-1-6-31(16-18)7-5-26)10-20(21)22-14-27-15-24(30-22)29-12-17-3-8-33-9-4-17/h10,13-15,17-18H,1-9,11-12,16H2,(H,29,30)/t18-/m0/s1. The molecule has 0 saturated carbocycles. The third-order valence-corrected chi connectivity index (χ3v) is 6.75. The highest BCUT2D eigenvalue weighted by Crippen LogP contribution is 2.28. The Hall–Kier alpha value is -2.16. The molecule has 0 amide bonds. The Labute approximate surface area is 199 Å². The number of pyridine rings is 1. The van der Waals surface area contributed by atoms with Gasteiger partial charge in [-0.1, -0.05) is 11.6 Å². The van der Waals surface area contributed by atoms with Crippen LogP contribution in [0.3, 0.4) is 0 Å². The number of ether oxygens (including phenoxy) is 1. The zero-order valence-electron chi connectivity index (χ0n) is 18.8. The van der Waals surface area contributed by atoms with Crippen molar-refractivity contribution < 1.29 is 13.9 Å². The van der Waals surface area contributed by atoms with Crippen molar-refractivity contribution in [1.82, 2.24) is 19.9 Å². The van der Waals surface area contributed by atoms with Gasteiger partial charge >= 0.3 is 0 Å². The molecule has 2 aliphatic heterocycles. The van der Waals surface area contributed by atoms with Crippen LogP contribution < -0.4 is 5.32 Å². The van der Waals surface area contributed by atoms with Gasteiger partial charge in [-0.15, -0.1) is 0 Å². The van der Waals surface area contributed by atoms with Crippen LogP contribution in [0.15, 0.2) is 24.7 Å². The molecule has 0 aromatic carbocycles. The van der Waals surface area contributed by atoms with Gasteiger partial charge in [0, 0.05) is 62.6 Å². The fourth-order valence-corrected chi connectivity index (χ4v) is 4.72. The van der Waals surface area contributed by atoms with Crippen LogP contribution in [0.1, 0.15) is 31.4 Å². The maximum atomic E-state index is 12.9. The van der Waals surface area contributed by atoms with E-state index >= 15 is 0 Å². The number of halogens is 2. The molecule has 0 spiro atoms. The van der Waals surface area contributed by atoms with Crippen LogP contribution in [0.5, 0.6) is 0 Å². The van der Waals surface area contributed by atoms with E-state index in [-0.39, 0.29) is 24.8 Å². The molecular formula is C24H31ClFN5O2. The van der Waals surface area contributed by atoms with E-state index < -0.39 is 0 Å². The van der Waals surface area contributed by atoms with Crippen LogP contribution in [0.4, 0.5) is 10.2 Å². The van der Waals surface area contributed by atoms with E-state index in [0.717, 1.165) is 52.0 Å². The summed E-state index contributed by atoms with van der Waals surface area (Å²) in [6, 6.07) is 1.83. The molecule has 1 atom stereocenters. The second-order valence-corrected chi connectivity index (χ2v) is 9.26. The molecule has 9 heteroatoms. The van der Waals surface area contributed by atoms with Gasteiger partial charge in [-0.2, -0.15) is 0 Å². The average Bonchev–Trinajstić information content (AvgIpc) is 2.85. The molecule has 2 aliphatic rings. The van der Waals surface area contributed by atoms with Crippen molar-refractivity contribution >= 4 is 23.2 Å². The number of carbonyl (C=O) groups excluding carboxylic acids is 1. The SMILES string of the molecule is O=C(Cc1cc(-c2cncc(NCC3CCOCC3)n2)c(Cl)cn1)[C@H]1CCCN(CCF)C1. The number of hydrogen-bond donors (Lipinski definition) is 1. The normalized spacial score (nSPS) is 20.0. The van der Waals surface area contributed by atoms with Crippen molar-refractivity contribution in [2.75, 3.05) is 51.4 Å². The second kappa shape index (κ2) is 11.8. The van der Waals surface area contributed by atoms with Crippen LogP contribution in [0.2, 0.25) is 5.02 Å². The van der Waals surface area contributed by atoms with E-state index in [1.54, 1.807) is 18.6 Å². The summed E-state index contributed by atoms with van der Waals surface area (Å²) in [6.07, 6.45) is 9.01. The lowest BCUT2D eigenvalue weighted by atomic mass is 9.91. The number of hydrogen-bond acceptors (Lipinski definition) is 7. The third-order valence-electron chi connectivity index (χ3n) is 6.45. The van der Waals surface area contributed by atoms with Gasteiger partial charge in [0.1, 0.15) is 18.3 Å². The number of nitrogens with zero attached hydrogens (tertiary/aromatic N) is 4. The van der Waals surface area contributed by atoms with E-state index in [1.165, 1.54) is 0 Å². The smallest absolute Gasteiger partial charge is 0.145 e. The Morgan fingerprint density at radius 1 is 1.24 bits per heavy atom. The number of rotatable bonds is 9. The van der Waals surface area contributed by atoms with Crippen LogP contribution in [-0.2, 0) is 16.0 Å². The Morgan fingerprint density at radius 3 is 2.91 bits per heavy atom. The summed E-state index contributed by atoms with van der Waals surface area (Å²) in [7, 11) is 0. The minimum Gasteiger partial charge on any atom is -0.381 e. The number of piperidine rings is 1. The largest absolute Gasteiger partial charge is 0.381 e. The molecule has 0 unspecified atom stereocenters. The zero-order chi connectivity index (χ0) is 23.0. The first-order chi connectivity index (χ1) is 16.1. The highest BCUT2D eigenvalue weighted by Gasteiger charge is 2.26. The molecule has 2 fully saturated rings. The molecule has 4 heterocycles. The minimum atomic E-state index is -0.382. The fraction of sp³-hybridized carbons (Fsp3) is 0.583. The molecule has 2 saturated heterocycles. The maximum Gasteiger partial charge on any atom is 0.145 e. The summed E-state index contributed by atoms with van der Waals surface area (Å²) in [5.74, 6) is 1.31. The van der Waals surface area contributed by atoms with Crippen molar-refractivity contribution in [3.63, 3.8) is 0 Å². The lowest BCUT2D eigenvalue weighted by Crippen LogP contribution is -2.40. The Morgan fingerprint density at radius 2 is 2.09 bits per heavy atom. The summed E-state index contributed by atoms with van der Waals surface area (Å²) in [5, 5.41) is 3.84. The number of carbonyl (C=O) groups is 1. The topological polar surface area (TPSA) is 80.2 Å². The summed E-state index contributed by atoms with van der Waals surface area (Å²) >= 11 is 6.43. The number of nitrogens with one attached hydrogen (secondary N) is 1. The number of Topliss-reactive ketones (excluding diaryl/α,β-unsaturated/α-hetero) is 1. The van der Waals surface area contributed by atoms with Gasteiger partial charge in [0.15, 0.2) is 0 Å². The molecule has 33 heavy (non-hydrogen) atoms. The maximum absolute atomic E-state index is 12.9. The van der Waals surface area contributed by atoms with E-state index in [4.69, 9.17) is 16.3 Å². The van der Waals surface area contributed by atoms with Gasteiger partial charge in [-0.25, -0.2) is 9.37 Å². The van der Waals surface area contributed by atoms with Crippen molar-refractivity contribution in [3.05, 3.63) is 35.4 Å². The first-order valence-electron chi connectivity index (χ1n) is 11.7. The minimum absolute atomic E-state index is 0.0799. The van der Waals surface area contributed by atoms with Crippen LogP contribution >= 0.6 is 11.6 Å². The summed E-state index contributed by atoms with van der Waals surface area (Å²) in [6.45, 7) is 3.93. The zero-order valence-corrected chi connectivity index (χ0v) is 19.6. The summed E-state index contributed by atoms with van der Waals surface area (Å²) < 4.78 is 18.1. The number of likely N-dealkylation sites (tertiary alicyclic amines) is 1. The van der Waals surface area contributed by atoms with Gasteiger partial charge in [-0.05, 0) is 44.2 Å². The van der Waals surface area contributed by atoms with Crippen molar-refractivity contribution in [1.29, 1.82) is 0 Å². The van der Waals surface area contributed by atoms with Crippen LogP contribution in [0, 0.1) is 11.8 Å². The molecule has 0 bridgehead atoms. The first kappa shape index (κ1) is 24.0. The summed E-state index contributed by atoms with van der Waals surface area (Å²) in [5.41, 5.74) is 2.00. The molecule has 1 N–H and O–H groups in total. The highest BCUT2D eigenvalue weighted by molar-refractivity contribution is 6.33. The Bertz CT molecular complexity index is 939. The van der Waals surface area contributed by atoms with Gasteiger partial charge in [0.2, 0.25) is 0 Å². The van der Waals surface area contributed by atoms with Crippen LogP contribution in [-0.4, -0.2) is 71.7 Å².